The van der Waals surface area contributed by atoms with Crippen LogP contribution >= 0.6 is 0 Å². The Morgan fingerprint density at radius 2 is 2.40 bits per heavy atom. The van der Waals surface area contributed by atoms with Crippen LogP contribution in [0.1, 0.15) is 12.8 Å². The number of nitrogen functional groups attached to an aromatic ring is 1. The fourth-order valence-electron chi connectivity index (χ4n) is 2.01. The SMILES string of the molecule is NC(=O)C1CCCN1c1ccncc1N. The van der Waals surface area contributed by atoms with Gasteiger partial charge in [0.15, 0.2) is 0 Å². The number of anilines is 2. The largest absolute Gasteiger partial charge is 0.396 e. The number of primary amides is 1. The molecule has 0 radical (unpaired) electrons. The molecular weight excluding hydrogens is 192 g/mol. The molecule has 0 spiro atoms. The fourth-order valence-corrected chi connectivity index (χ4v) is 2.01. The van der Waals surface area contributed by atoms with Crippen molar-refractivity contribution in [1.82, 2.24) is 4.98 Å². The normalized spacial score (nSPS) is 20.5. The lowest BCUT2D eigenvalue weighted by atomic mass is 10.2. The minimum atomic E-state index is -0.288. The molecule has 0 saturated carbocycles. The van der Waals surface area contributed by atoms with E-state index in [2.05, 4.69) is 4.98 Å². The maximum Gasteiger partial charge on any atom is 0.240 e. The molecule has 0 aromatic carbocycles. The Hall–Kier alpha value is -1.78. The molecule has 1 amide bonds. The van der Waals surface area contributed by atoms with Crippen LogP contribution in [-0.4, -0.2) is 23.5 Å². The van der Waals surface area contributed by atoms with Gasteiger partial charge in [0.1, 0.15) is 6.04 Å². The summed E-state index contributed by atoms with van der Waals surface area (Å²) in [5.41, 5.74) is 12.6. The fraction of sp³-hybridized carbons (Fsp3) is 0.400. The van der Waals surface area contributed by atoms with Crippen LogP contribution in [-0.2, 0) is 4.79 Å². The van der Waals surface area contributed by atoms with Gasteiger partial charge in [-0.1, -0.05) is 0 Å². The summed E-state index contributed by atoms with van der Waals surface area (Å²) in [7, 11) is 0. The minimum Gasteiger partial charge on any atom is -0.396 e. The van der Waals surface area contributed by atoms with E-state index < -0.39 is 0 Å². The molecule has 2 rings (SSSR count). The smallest absolute Gasteiger partial charge is 0.240 e. The third-order valence-corrected chi connectivity index (χ3v) is 2.72. The van der Waals surface area contributed by atoms with E-state index in [0.717, 1.165) is 25.1 Å². The molecule has 1 aliphatic rings. The molecule has 1 aliphatic heterocycles. The number of carbonyl (C=O) groups is 1. The Morgan fingerprint density at radius 1 is 1.60 bits per heavy atom. The van der Waals surface area contributed by atoms with Gasteiger partial charge in [-0.15, -0.1) is 0 Å². The van der Waals surface area contributed by atoms with Crippen LogP contribution in [0.3, 0.4) is 0 Å². The summed E-state index contributed by atoms with van der Waals surface area (Å²) in [5, 5.41) is 0. The van der Waals surface area contributed by atoms with Crippen LogP contribution in [0.25, 0.3) is 0 Å². The lowest BCUT2D eigenvalue weighted by molar-refractivity contribution is -0.119. The molecule has 0 bridgehead atoms. The van der Waals surface area contributed by atoms with Crippen molar-refractivity contribution in [3.8, 4) is 0 Å². The van der Waals surface area contributed by atoms with Gasteiger partial charge in [0.2, 0.25) is 5.91 Å². The highest BCUT2D eigenvalue weighted by Crippen LogP contribution is 2.29. The first kappa shape index (κ1) is 9.76. The number of hydrogen-bond acceptors (Lipinski definition) is 4. The van der Waals surface area contributed by atoms with Crippen LogP contribution in [0.2, 0.25) is 0 Å². The van der Waals surface area contributed by atoms with E-state index in [1.807, 2.05) is 11.0 Å². The van der Waals surface area contributed by atoms with E-state index in [1.165, 1.54) is 0 Å². The first-order chi connectivity index (χ1) is 7.20. The first-order valence-corrected chi connectivity index (χ1v) is 4.95. The van der Waals surface area contributed by atoms with Gasteiger partial charge in [-0.25, -0.2) is 0 Å². The summed E-state index contributed by atoms with van der Waals surface area (Å²) in [6.45, 7) is 0.821. The third-order valence-electron chi connectivity index (χ3n) is 2.72. The number of amides is 1. The average Bonchev–Trinajstić information content (AvgIpc) is 2.67. The number of hydrogen-bond donors (Lipinski definition) is 2. The average molecular weight is 206 g/mol. The molecule has 1 atom stereocenters. The van der Waals surface area contributed by atoms with Crippen LogP contribution < -0.4 is 16.4 Å². The zero-order chi connectivity index (χ0) is 10.8. The second-order valence-corrected chi connectivity index (χ2v) is 3.69. The van der Waals surface area contributed by atoms with Crippen molar-refractivity contribution in [2.75, 3.05) is 17.2 Å². The van der Waals surface area contributed by atoms with Gasteiger partial charge in [-0.2, -0.15) is 0 Å². The van der Waals surface area contributed by atoms with Crippen LogP contribution in [0.5, 0.6) is 0 Å². The summed E-state index contributed by atoms with van der Waals surface area (Å²) in [6, 6.07) is 1.59. The topological polar surface area (TPSA) is 85.2 Å². The Labute approximate surface area is 88.1 Å². The Morgan fingerprint density at radius 3 is 3.07 bits per heavy atom. The molecule has 1 fully saturated rings. The van der Waals surface area contributed by atoms with Gasteiger partial charge in [0, 0.05) is 12.7 Å². The quantitative estimate of drug-likeness (QED) is 0.719. The molecule has 4 N–H and O–H groups in total. The van der Waals surface area contributed by atoms with Gasteiger partial charge >= 0.3 is 0 Å². The van der Waals surface area contributed by atoms with E-state index >= 15 is 0 Å². The van der Waals surface area contributed by atoms with Gasteiger partial charge in [0.25, 0.3) is 0 Å². The predicted octanol–water partition coefficient (Wildman–Crippen LogP) is 0.118. The van der Waals surface area contributed by atoms with E-state index in [1.54, 1.807) is 12.4 Å². The van der Waals surface area contributed by atoms with E-state index in [0.29, 0.717) is 5.69 Å². The van der Waals surface area contributed by atoms with Gasteiger partial charge in [-0.05, 0) is 18.9 Å². The standard InChI is InChI=1S/C10H14N4O/c11-7-6-13-4-3-8(7)14-5-1-2-9(14)10(12)15/h3-4,6,9H,1-2,5,11H2,(H2,12,15). The Bertz CT molecular complexity index is 379. The van der Waals surface area contributed by atoms with E-state index in [9.17, 15) is 4.79 Å². The monoisotopic (exact) mass is 206 g/mol. The lowest BCUT2D eigenvalue weighted by Gasteiger charge is -2.25. The summed E-state index contributed by atoms with van der Waals surface area (Å²) in [4.78, 5) is 17.1. The minimum absolute atomic E-state index is 0.227. The first-order valence-electron chi connectivity index (χ1n) is 4.95. The van der Waals surface area contributed by atoms with Gasteiger partial charge in [-0.3, -0.25) is 9.78 Å². The summed E-state index contributed by atoms with van der Waals surface area (Å²) < 4.78 is 0. The number of nitrogens with two attached hydrogens (primary N) is 2. The molecular formula is C10H14N4O. The zero-order valence-electron chi connectivity index (χ0n) is 8.39. The molecule has 1 unspecified atom stereocenters. The zero-order valence-corrected chi connectivity index (χ0v) is 8.39. The number of pyridine rings is 1. The van der Waals surface area contributed by atoms with Crippen molar-refractivity contribution >= 4 is 17.3 Å². The Balaban J connectivity index is 2.30. The number of carbonyl (C=O) groups excluding carboxylic acids is 1. The molecule has 0 aliphatic carbocycles. The highest BCUT2D eigenvalue weighted by atomic mass is 16.1. The van der Waals surface area contributed by atoms with Crippen molar-refractivity contribution in [3.05, 3.63) is 18.5 Å². The lowest BCUT2D eigenvalue weighted by Crippen LogP contribution is -2.40. The van der Waals surface area contributed by atoms with Crippen LogP contribution in [0.4, 0.5) is 11.4 Å². The molecule has 80 valence electrons. The van der Waals surface area contributed by atoms with Crippen molar-refractivity contribution in [3.63, 3.8) is 0 Å². The van der Waals surface area contributed by atoms with Gasteiger partial charge in [0.05, 0.1) is 17.6 Å². The maximum absolute atomic E-state index is 11.2. The van der Waals surface area contributed by atoms with Crippen molar-refractivity contribution in [2.24, 2.45) is 5.73 Å². The van der Waals surface area contributed by atoms with E-state index in [-0.39, 0.29) is 11.9 Å². The molecule has 5 heteroatoms. The van der Waals surface area contributed by atoms with Gasteiger partial charge < -0.3 is 16.4 Å². The molecule has 15 heavy (non-hydrogen) atoms. The van der Waals surface area contributed by atoms with E-state index in [4.69, 9.17) is 11.5 Å². The van der Waals surface area contributed by atoms with Crippen molar-refractivity contribution in [1.29, 1.82) is 0 Å². The van der Waals surface area contributed by atoms with Crippen LogP contribution in [0, 0.1) is 0 Å². The molecule has 5 nitrogen and oxygen atoms in total. The highest BCUT2D eigenvalue weighted by Gasteiger charge is 2.29. The number of rotatable bonds is 2. The molecule has 2 heterocycles. The number of aromatic nitrogens is 1. The predicted molar refractivity (Wildman–Crippen MR) is 58.2 cm³/mol. The third kappa shape index (κ3) is 1.72. The maximum atomic E-state index is 11.2. The second kappa shape index (κ2) is 3.76. The molecule has 1 aromatic rings. The second-order valence-electron chi connectivity index (χ2n) is 3.69. The van der Waals surface area contributed by atoms with Crippen LogP contribution in [0.15, 0.2) is 18.5 Å². The van der Waals surface area contributed by atoms with Crippen molar-refractivity contribution in [2.45, 2.75) is 18.9 Å². The summed E-state index contributed by atoms with van der Waals surface area (Å²) in [6.07, 6.45) is 5.03. The number of nitrogens with zero attached hydrogens (tertiary/aromatic N) is 2. The molecule has 1 saturated heterocycles. The van der Waals surface area contributed by atoms with Crippen molar-refractivity contribution < 1.29 is 4.79 Å². The summed E-state index contributed by atoms with van der Waals surface area (Å²) >= 11 is 0. The summed E-state index contributed by atoms with van der Waals surface area (Å²) in [5.74, 6) is -0.288. The highest BCUT2D eigenvalue weighted by molar-refractivity contribution is 5.85. The molecule has 1 aromatic heterocycles. The Kier molecular flexibility index (Phi) is 2.45.